The lowest BCUT2D eigenvalue weighted by atomic mass is 9.98. The molecule has 3 aromatic rings. The number of hydrogen-bond donors (Lipinski definition) is 1. The molecule has 2 heterocycles. The van der Waals surface area contributed by atoms with Gasteiger partial charge in [-0.25, -0.2) is 19.2 Å². The van der Waals surface area contributed by atoms with Crippen LogP contribution >= 0.6 is 0 Å². The van der Waals surface area contributed by atoms with E-state index in [1.807, 2.05) is 0 Å². The number of aromatic nitrogens is 3. The SMILES string of the molecule is COC(=O)c1cnc(N[C@@H](C)c2cc3c(=O)n(C)c(C)nc3cc2C(F)(F)F)c(F)c1. The van der Waals surface area contributed by atoms with Crippen LogP contribution in [-0.2, 0) is 18.0 Å². The van der Waals surface area contributed by atoms with E-state index in [0.29, 0.717) is 0 Å². The summed E-state index contributed by atoms with van der Waals surface area (Å²) in [6, 6.07) is 1.69. The van der Waals surface area contributed by atoms with Crippen molar-refractivity contribution in [2.24, 2.45) is 7.05 Å². The van der Waals surface area contributed by atoms with Gasteiger partial charge < -0.3 is 10.1 Å². The number of rotatable bonds is 4. The highest BCUT2D eigenvalue weighted by atomic mass is 19.4. The number of carbonyl (C=O) groups is 1. The molecular weight excluding hydrogens is 420 g/mol. The van der Waals surface area contributed by atoms with Crippen LogP contribution in [0.1, 0.15) is 40.3 Å². The summed E-state index contributed by atoms with van der Waals surface area (Å²) in [5, 5.41) is 2.57. The van der Waals surface area contributed by atoms with Crippen molar-refractivity contribution >= 4 is 22.7 Å². The molecule has 11 heteroatoms. The van der Waals surface area contributed by atoms with E-state index in [0.717, 1.165) is 31.5 Å². The molecule has 31 heavy (non-hydrogen) atoms. The molecule has 2 aromatic heterocycles. The maximum Gasteiger partial charge on any atom is 0.416 e. The third-order valence-corrected chi connectivity index (χ3v) is 4.86. The van der Waals surface area contributed by atoms with Gasteiger partial charge in [0, 0.05) is 13.2 Å². The van der Waals surface area contributed by atoms with E-state index in [4.69, 9.17) is 0 Å². The minimum absolute atomic E-state index is 0.000722. The molecular formula is C20H18F4N4O3. The predicted octanol–water partition coefficient (Wildman–Crippen LogP) is 3.75. The smallest absolute Gasteiger partial charge is 0.416 e. The first-order valence-corrected chi connectivity index (χ1v) is 9.03. The van der Waals surface area contributed by atoms with Gasteiger partial charge in [0.15, 0.2) is 11.6 Å². The van der Waals surface area contributed by atoms with Gasteiger partial charge in [-0.1, -0.05) is 0 Å². The Morgan fingerprint density at radius 1 is 1.26 bits per heavy atom. The fourth-order valence-corrected chi connectivity index (χ4v) is 3.11. The Hall–Kier alpha value is -3.50. The van der Waals surface area contributed by atoms with Crippen LogP contribution in [0.4, 0.5) is 23.4 Å². The quantitative estimate of drug-likeness (QED) is 0.493. The summed E-state index contributed by atoms with van der Waals surface area (Å²) in [6.07, 6.45) is -3.70. The van der Waals surface area contributed by atoms with Gasteiger partial charge in [-0.2, -0.15) is 13.2 Å². The third-order valence-electron chi connectivity index (χ3n) is 4.86. The third kappa shape index (κ3) is 4.21. The summed E-state index contributed by atoms with van der Waals surface area (Å²) in [6.45, 7) is 2.89. The van der Waals surface area contributed by atoms with E-state index >= 15 is 0 Å². The van der Waals surface area contributed by atoms with Crippen molar-refractivity contribution in [3.05, 3.63) is 63.1 Å². The Kier molecular flexibility index (Phi) is 5.70. The Bertz CT molecular complexity index is 1240. The van der Waals surface area contributed by atoms with Crippen molar-refractivity contribution < 1.29 is 27.1 Å². The van der Waals surface area contributed by atoms with Crippen LogP contribution in [0.15, 0.2) is 29.2 Å². The Labute approximate surface area is 173 Å². The molecule has 0 saturated heterocycles. The van der Waals surface area contributed by atoms with Gasteiger partial charge in [0.1, 0.15) is 5.82 Å². The molecule has 164 valence electrons. The molecule has 1 N–H and O–H groups in total. The topological polar surface area (TPSA) is 86.1 Å². The number of pyridine rings is 1. The van der Waals surface area contributed by atoms with E-state index < -0.39 is 35.1 Å². The number of halogens is 4. The van der Waals surface area contributed by atoms with Crippen LogP contribution in [0.25, 0.3) is 10.9 Å². The van der Waals surface area contributed by atoms with E-state index in [1.54, 1.807) is 0 Å². The average Bonchev–Trinajstić information content (AvgIpc) is 2.71. The maximum absolute atomic E-state index is 14.4. The highest BCUT2D eigenvalue weighted by Crippen LogP contribution is 2.37. The molecule has 0 bridgehead atoms. The van der Waals surface area contributed by atoms with E-state index in [-0.39, 0.29) is 33.7 Å². The number of ether oxygens (including phenoxy) is 1. The van der Waals surface area contributed by atoms with E-state index in [1.165, 1.54) is 25.5 Å². The number of anilines is 1. The summed E-state index contributed by atoms with van der Waals surface area (Å²) >= 11 is 0. The van der Waals surface area contributed by atoms with Crippen molar-refractivity contribution in [1.29, 1.82) is 0 Å². The first-order chi connectivity index (χ1) is 14.4. The fourth-order valence-electron chi connectivity index (χ4n) is 3.11. The second-order valence-electron chi connectivity index (χ2n) is 6.89. The summed E-state index contributed by atoms with van der Waals surface area (Å²) < 4.78 is 61.3. The number of carbonyl (C=O) groups excluding carboxylic acids is 1. The van der Waals surface area contributed by atoms with Gasteiger partial charge in [0.2, 0.25) is 0 Å². The van der Waals surface area contributed by atoms with Gasteiger partial charge in [-0.15, -0.1) is 0 Å². The molecule has 0 aliphatic carbocycles. The highest BCUT2D eigenvalue weighted by Gasteiger charge is 2.35. The molecule has 0 spiro atoms. The zero-order valence-electron chi connectivity index (χ0n) is 17.0. The van der Waals surface area contributed by atoms with Gasteiger partial charge in [-0.3, -0.25) is 9.36 Å². The number of nitrogens with zero attached hydrogens (tertiary/aromatic N) is 3. The van der Waals surface area contributed by atoms with Crippen molar-refractivity contribution in [2.75, 3.05) is 12.4 Å². The number of hydrogen-bond acceptors (Lipinski definition) is 6. The van der Waals surface area contributed by atoms with Crippen LogP contribution in [0, 0.1) is 12.7 Å². The first-order valence-electron chi connectivity index (χ1n) is 9.03. The zero-order chi connectivity index (χ0) is 23.1. The van der Waals surface area contributed by atoms with Crippen LogP contribution in [0.3, 0.4) is 0 Å². The normalized spacial score (nSPS) is 12.6. The van der Waals surface area contributed by atoms with Crippen LogP contribution in [0.2, 0.25) is 0 Å². The second kappa shape index (κ2) is 7.97. The second-order valence-corrected chi connectivity index (χ2v) is 6.89. The number of esters is 1. The first kappa shape index (κ1) is 22.2. The van der Waals surface area contributed by atoms with Crippen molar-refractivity contribution in [2.45, 2.75) is 26.1 Å². The summed E-state index contributed by atoms with van der Waals surface area (Å²) in [7, 11) is 2.58. The molecule has 0 radical (unpaired) electrons. The lowest BCUT2D eigenvalue weighted by Crippen LogP contribution is -2.23. The van der Waals surface area contributed by atoms with Crippen LogP contribution in [-0.4, -0.2) is 27.6 Å². The van der Waals surface area contributed by atoms with E-state index in [9.17, 15) is 27.2 Å². The lowest BCUT2D eigenvalue weighted by molar-refractivity contribution is -0.138. The number of methoxy groups -OCH3 is 1. The largest absolute Gasteiger partial charge is 0.465 e. The predicted molar refractivity (Wildman–Crippen MR) is 104 cm³/mol. The Morgan fingerprint density at radius 2 is 1.94 bits per heavy atom. The van der Waals surface area contributed by atoms with Crippen LogP contribution < -0.4 is 10.9 Å². The molecule has 7 nitrogen and oxygen atoms in total. The van der Waals surface area contributed by atoms with Gasteiger partial charge in [0.05, 0.1) is 35.2 Å². The van der Waals surface area contributed by atoms with Crippen molar-refractivity contribution in [3.63, 3.8) is 0 Å². The van der Waals surface area contributed by atoms with E-state index in [2.05, 4.69) is 20.0 Å². The molecule has 3 rings (SSSR count). The maximum atomic E-state index is 14.4. The fraction of sp³-hybridized carbons (Fsp3) is 0.300. The molecule has 0 aliphatic heterocycles. The van der Waals surface area contributed by atoms with Crippen molar-refractivity contribution in [3.8, 4) is 0 Å². The molecule has 0 amide bonds. The molecule has 0 fully saturated rings. The molecule has 1 aromatic carbocycles. The summed E-state index contributed by atoms with van der Waals surface area (Å²) in [5.41, 5.74) is -2.02. The number of aryl methyl sites for hydroxylation is 1. The minimum atomic E-state index is -4.74. The average molecular weight is 438 g/mol. The molecule has 0 aliphatic rings. The zero-order valence-corrected chi connectivity index (χ0v) is 17.0. The standard InChI is InChI=1S/C20H18F4N4O3/c1-9(26-17-15(21)5-11(8-25-17)19(30)31-4)12-6-13-16(7-14(12)20(22,23)24)27-10(2)28(3)18(13)29/h5-9H,1-4H3,(H,25,26)/t9-/m0/s1. The number of fused-ring (bicyclic) bond motifs is 1. The number of benzene rings is 1. The molecule has 0 saturated carbocycles. The summed E-state index contributed by atoms with van der Waals surface area (Å²) in [5.74, 6) is -1.85. The van der Waals surface area contributed by atoms with Gasteiger partial charge in [0.25, 0.3) is 5.56 Å². The van der Waals surface area contributed by atoms with Crippen molar-refractivity contribution in [1.82, 2.24) is 14.5 Å². The lowest BCUT2D eigenvalue weighted by Gasteiger charge is -2.21. The van der Waals surface area contributed by atoms with Gasteiger partial charge >= 0.3 is 12.1 Å². The molecule has 1 atom stereocenters. The number of alkyl halides is 3. The van der Waals surface area contributed by atoms with Crippen LogP contribution in [0.5, 0.6) is 0 Å². The molecule has 0 unspecified atom stereocenters. The van der Waals surface area contributed by atoms with Gasteiger partial charge in [-0.05, 0) is 37.6 Å². The minimum Gasteiger partial charge on any atom is -0.465 e. The highest BCUT2D eigenvalue weighted by molar-refractivity contribution is 5.89. The summed E-state index contributed by atoms with van der Waals surface area (Å²) in [4.78, 5) is 31.8. The Balaban J connectivity index is 2.10. The number of nitrogens with one attached hydrogen (secondary N) is 1. The Morgan fingerprint density at radius 3 is 2.52 bits per heavy atom. The monoisotopic (exact) mass is 438 g/mol.